The summed E-state index contributed by atoms with van der Waals surface area (Å²) in [5.41, 5.74) is -0.727. The van der Waals surface area contributed by atoms with Crippen molar-refractivity contribution >= 4 is 40.5 Å². The highest BCUT2D eigenvalue weighted by Gasteiger charge is 2.17. The van der Waals surface area contributed by atoms with Crippen molar-refractivity contribution in [2.75, 3.05) is 12.4 Å². The number of hydrogen-bond acceptors (Lipinski definition) is 4. The second-order valence-electron chi connectivity index (χ2n) is 4.56. The van der Waals surface area contributed by atoms with Crippen LogP contribution in [-0.2, 0) is 16.0 Å². The number of carbonyl (C=O) groups excluding carboxylic acids is 2. The molecule has 0 atom stereocenters. The topological polar surface area (TPSA) is 55.4 Å². The van der Waals surface area contributed by atoms with Gasteiger partial charge in [-0.3, -0.25) is 4.79 Å². The molecule has 0 saturated carbocycles. The van der Waals surface area contributed by atoms with Crippen LogP contribution in [0, 0.1) is 11.6 Å². The normalized spacial score (nSPS) is 10.4. The van der Waals surface area contributed by atoms with Crippen LogP contribution in [0.3, 0.4) is 0 Å². The van der Waals surface area contributed by atoms with Crippen molar-refractivity contribution in [2.24, 2.45) is 0 Å². The molecule has 1 aromatic heterocycles. The van der Waals surface area contributed by atoms with Gasteiger partial charge in [0.05, 0.1) is 22.7 Å². The van der Waals surface area contributed by atoms with E-state index in [9.17, 15) is 18.4 Å². The monoisotopic (exact) mass is 359 g/mol. The Bertz CT molecular complexity index is 748. The molecule has 8 heteroatoms. The van der Waals surface area contributed by atoms with E-state index >= 15 is 0 Å². The highest BCUT2D eigenvalue weighted by atomic mass is 35.5. The Kier molecular flexibility index (Phi) is 5.68. The average molecular weight is 360 g/mol. The van der Waals surface area contributed by atoms with Crippen molar-refractivity contribution in [3.05, 3.63) is 50.7 Å². The molecule has 1 N–H and O–H groups in total. The van der Waals surface area contributed by atoms with Gasteiger partial charge in [-0.05, 0) is 24.6 Å². The maximum Gasteiger partial charge on any atom is 0.340 e. The second kappa shape index (κ2) is 7.52. The number of carbonyl (C=O) groups is 2. The number of nitrogens with one attached hydrogen (secondary N) is 1. The van der Waals surface area contributed by atoms with Crippen molar-refractivity contribution in [1.29, 1.82) is 0 Å². The lowest BCUT2D eigenvalue weighted by Gasteiger charge is -2.09. The molecule has 0 aliphatic heterocycles. The Morgan fingerprint density at radius 1 is 1.26 bits per heavy atom. The number of thiophene rings is 1. The summed E-state index contributed by atoms with van der Waals surface area (Å²) in [6.45, 7) is 0. The van der Waals surface area contributed by atoms with Crippen molar-refractivity contribution in [1.82, 2.24) is 0 Å². The molecule has 1 amide bonds. The number of anilines is 1. The van der Waals surface area contributed by atoms with Crippen LogP contribution in [0.1, 0.15) is 21.7 Å². The maximum absolute atomic E-state index is 13.7. The lowest BCUT2D eigenvalue weighted by molar-refractivity contribution is -0.116. The Labute approximate surface area is 140 Å². The standard InChI is InChI=1S/C15H12ClF2NO3S/c1-22-15(21)9-6-12(11(18)7-10(9)17)19-14(20)5-3-8-2-4-13(16)23-8/h2,4,6-7H,3,5H2,1H3,(H,19,20). The van der Waals surface area contributed by atoms with Crippen LogP contribution >= 0.6 is 22.9 Å². The summed E-state index contributed by atoms with van der Waals surface area (Å²) in [4.78, 5) is 24.2. The van der Waals surface area contributed by atoms with Crippen LogP contribution in [0.25, 0.3) is 0 Å². The molecule has 0 saturated heterocycles. The predicted molar refractivity (Wildman–Crippen MR) is 84.0 cm³/mol. The highest BCUT2D eigenvalue weighted by Crippen LogP contribution is 2.23. The van der Waals surface area contributed by atoms with Gasteiger partial charge < -0.3 is 10.1 Å². The number of ether oxygens (including phenoxy) is 1. The van der Waals surface area contributed by atoms with Gasteiger partial charge >= 0.3 is 5.97 Å². The van der Waals surface area contributed by atoms with E-state index < -0.39 is 29.1 Å². The molecule has 0 aliphatic rings. The summed E-state index contributed by atoms with van der Waals surface area (Å²) in [5, 5.41) is 2.32. The van der Waals surface area contributed by atoms with Gasteiger partial charge in [-0.1, -0.05) is 11.6 Å². The number of benzene rings is 1. The van der Waals surface area contributed by atoms with Gasteiger partial charge in [-0.25, -0.2) is 13.6 Å². The summed E-state index contributed by atoms with van der Waals surface area (Å²) >= 11 is 7.14. The van der Waals surface area contributed by atoms with Crippen molar-refractivity contribution in [3.63, 3.8) is 0 Å². The summed E-state index contributed by atoms with van der Waals surface area (Å²) in [6, 6.07) is 4.97. The fourth-order valence-electron chi connectivity index (χ4n) is 1.85. The molecule has 0 unspecified atom stereocenters. The number of esters is 1. The minimum absolute atomic E-state index is 0.0984. The van der Waals surface area contributed by atoms with Crippen LogP contribution < -0.4 is 5.32 Å². The number of halogens is 3. The van der Waals surface area contributed by atoms with Gasteiger partial charge in [-0.15, -0.1) is 11.3 Å². The van der Waals surface area contributed by atoms with E-state index in [4.69, 9.17) is 11.6 Å². The number of rotatable bonds is 5. The summed E-state index contributed by atoms with van der Waals surface area (Å²) < 4.78 is 32.2. The Hall–Kier alpha value is -1.99. The van der Waals surface area contributed by atoms with Gasteiger partial charge in [0, 0.05) is 17.4 Å². The average Bonchev–Trinajstić information content (AvgIpc) is 2.93. The molecule has 0 radical (unpaired) electrons. The molecule has 0 bridgehead atoms. The van der Waals surface area contributed by atoms with Crippen molar-refractivity contribution < 1.29 is 23.1 Å². The van der Waals surface area contributed by atoms with Gasteiger partial charge in [0.25, 0.3) is 0 Å². The van der Waals surface area contributed by atoms with Gasteiger partial charge in [0.1, 0.15) is 11.6 Å². The summed E-state index contributed by atoms with van der Waals surface area (Å²) in [7, 11) is 1.08. The van der Waals surface area contributed by atoms with Crippen LogP contribution in [0.2, 0.25) is 4.34 Å². The van der Waals surface area contributed by atoms with Crippen LogP contribution in [-0.4, -0.2) is 19.0 Å². The Morgan fingerprint density at radius 3 is 2.61 bits per heavy atom. The number of aryl methyl sites for hydroxylation is 1. The summed E-state index contributed by atoms with van der Waals surface area (Å²) in [6.07, 6.45) is 0.539. The van der Waals surface area contributed by atoms with Crippen molar-refractivity contribution in [3.8, 4) is 0 Å². The first-order valence-corrected chi connectivity index (χ1v) is 7.71. The number of hydrogen-bond donors (Lipinski definition) is 1. The molecule has 23 heavy (non-hydrogen) atoms. The summed E-state index contributed by atoms with van der Waals surface area (Å²) in [5.74, 6) is -3.44. The number of amides is 1. The second-order valence-corrected chi connectivity index (χ2v) is 6.36. The SMILES string of the molecule is COC(=O)c1cc(NC(=O)CCc2ccc(Cl)s2)c(F)cc1F. The first-order valence-electron chi connectivity index (χ1n) is 6.52. The molecule has 2 aromatic rings. The zero-order valence-electron chi connectivity index (χ0n) is 12.0. The minimum Gasteiger partial charge on any atom is -0.465 e. The number of methoxy groups -OCH3 is 1. The highest BCUT2D eigenvalue weighted by molar-refractivity contribution is 7.16. The van der Waals surface area contributed by atoms with E-state index in [0.717, 1.165) is 18.1 Å². The molecule has 1 heterocycles. The quantitative estimate of drug-likeness (QED) is 0.820. The Morgan fingerprint density at radius 2 is 2.00 bits per heavy atom. The van der Waals surface area contributed by atoms with Gasteiger partial charge in [0.15, 0.2) is 0 Å². The molecule has 0 spiro atoms. The van der Waals surface area contributed by atoms with Gasteiger partial charge in [-0.2, -0.15) is 0 Å². The molecule has 4 nitrogen and oxygen atoms in total. The third-order valence-electron chi connectivity index (χ3n) is 2.96. The molecular weight excluding hydrogens is 348 g/mol. The lowest BCUT2D eigenvalue weighted by atomic mass is 10.1. The molecule has 0 aliphatic carbocycles. The zero-order chi connectivity index (χ0) is 17.0. The van der Waals surface area contributed by atoms with E-state index in [2.05, 4.69) is 10.1 Å². The smallest absolute Gasteiger partial charge is 0.340 e. The molecular formula is C15H12ClF2NO3S. The fraction of sp³-hybridized carbons (Fsp3) is 0.200. The predicted octanol–water partition coefficient (Wildman–Crippen LogP) is 4.04. The van der Waals surface area contributed by atoms with E-state index in [1.54, 1.807) is 12.1 Å². The Balaban J connectivity index is 2.06. The first-order chi connectivity index (χ1) is 10.9. The third-order valence-corrected chi connectivity index (χ3v) is 4.25. The van der Waals surface area contributed by atoms with Crippen LogP contribution in [0.15, 0.2) is 24.3 Å². The van der Waals surface area contributed by atoms with E-state index in [1.807, 2.05) is 0 Å². The third kappa shape index (κ3) is 4.49. The maximum atomic E-state index is 13.7. The molecule has 1 aromatic carbocycles. The van der Waals surface area contributed by atoms with Crippen LogP contribution in [0.4, 0.5) is 14.5 Å². The van der Waals surface area contributed by atoms with Crippen molar-refractivity contribution in [2.45, 2.75) is 12.8 Å². The minimum atomic E-state index is -1.06. The van der Waals surface area contributed by atoms with Crippen LogP contribution in [0.5, 0.6) is 0 Å². The van der Waals surface area contributed by atoms with E-state index in [-0.39, 0.29) is 12.1 Å². The zero-order valence-corrected chi connectivity index (χ0v) is 13.6. The van der Waals surface area contributed by atoms with E-state index in [1.165, 1.54) is 11.3 Å². The molecule has 2 rings (SSSR count). The molecule has 122 valence electrons. The molecule has 0 fully saturated rings. The fourth-order valence-corrected chi connectivity index (χ4v) is 2.93. The first kappa shape index (κ1) is 17.4. The lowest BCUT2D eigenvalue weighted by Crippen LogP contribution is -2.15. The largest absolute Gasteiger partial charge is 0.465 e. The van der Waals surface area contributed by atoms with E-state index in [0.29, 0.717) is 16.8 Å². The van der Waals surface area contributed by atoms with Gasteiger partial charge in [0.2, 0.25) is 5.91 Å².